The summed E-state index contributed by atoms with van der Waals surface area (Å²) in [5.74, 6) is 0.305. The average molecular weight is 615 g/mol. The van der Waals surface area contributed by atoms with Gasteiger partial charge in [0, 0.05) is 27.4 Å². The zero-order valence-corrected chi connectivity index (χ0v) is 23.1. The van der Waals surface area contributed by atoms with Crippen molar-refractivity contribution in [3.8, 4) is 23.1 Å². The van der Waals surface area contributed by atoms with Gasteiger partial charge in [0.1, 0.15) is 10.6 Å². The van der Waals surface area contributed by atoms with Crippen LogP contribution < -0.4 is 15.0 Å². The van der Waals surface area contributed by atoms with Crippen LogP contribution in [0.15, 0.2) is 73.4 Å². The lowest BCUT2D eigenvalue weighted by Crippen LogP contribution is -2.20. The molecule has 0 aliphatic rings. The number of benzene rings is 3. The maximum absolute atomic E-state index is 13.5. The Hall–Kier alpha value is -3.66. The van der Waals surface area contributed by atoms with Crippen LogP contribution in [0.3, 0.4) is 0 Å². The van der Waals surface area contributed by atoms with Gasteiger partial charge in [-0.05, 0) is 65.3 Å². The summed E-state index contributed by atoms with van der Waals surface area (Å²) in [7, 11) is 0. The summed E-state index contributed by atoms with van der Waals surface area (Å²) in [4.78, 5) is 29.8. The van der Waals surface area contributed by atoms with Crippen LogP contribution in [0.2, 0.25) is 10.0 Å². The molecule has 0 radical (unpaired) electrons. The first kappa shape index (κ1) is 26.0. The van der Waals surface area contributed by atoms with Gasteiger partial charge in [-0.15, -0.1) is 0 Å². The van der Waals surface area contributed by atoms with Crippen molar-refractivity contribution in [3.05, 3.63) is 85.0 Å². The number of carbonyl (C=O) groups excluding carboxylic acids is 1. The molecule has 3 aromatic carbocycles. The third kappa shape index (κ3) is 4.92. The van der Waals surface area contributed by atoms with Gasteiger partial charge in [0.25, 0.3) is 5.56 Å². The van der Waals surface area contributed by atoms with Crippen molar-refractivity contribution in [1.29, 1.82) is 0 Å². The molecule has 0 saturated carbocycles. The van der Waals surface area contributed by atoms with E-state index < -0.39 is 11.5 Å². The number of ether oxygens (including phenoxy) is 2. The van der Waals surface area contributed by atoms with Crippen LogP contribution in [-0.2, 0) is 4.79 Å². The first-order valence-electron chi connectivity index (χ1n) is 11.4. The van der Waals surface area contributed by atoms with E-state index in [1.807, 2.05) is 0 Å². The fourth-order valence-electron chi connectivity index (χ4n) is 3.83. The number of rotatable bonds is 6. The predicted molar refractivity (Wildman–Crippen MR) is 151 cm³/mol. The van der Waals surface area contributed by atoms with Crippen molar-refractivity contribution in [2.45, 2.75) is 13.8 Å². The van der Waals surface area contributed by atoms with Crippen LogP contribution in [0.4, 0.5) is 0 Å². The Balaban J connectivity index is 1.70. The van der Waals surface area contributed by atoms with Crippen molar-refractivity contribution in [2.75, 3.05) is 6.61 Å². The Morgan fingerprint density at radius 2 is 1.97 bits per heavy atom. The van der Waals surface area contributed by atoms with Crippen LogP contribution >= 0.6 is 39.1 Å². The first-order valence-corrected chi connectivity index (χ1v) is 12.9. The highest BCUT2D eigenvalue weighted by Crippen LogP contribution is 2.42. The monoisotopic (exact) mass is 613 g/mol. The van der Waals surface area contributed by atoms with Gasteiger partial charge in [0.15, 0.2) is 17.3 Å². The highest BCUT2D eigenvalue weighted by Gasteiger charge is 2.20. The Morgan fingerprint density at radius 3 is 2.74 bits per heavy atom. The molecule has 5 aromatic rings. The van der Waals surface area contributed by atoms with Crippen LogP contribution in [0, 0.1) is 0 Å². The number of nitrogens with zero attached hydrogens (tertiary/aromatic N) is 3. The molecule has 0 bridgehead atoms. The summed E-state index contributed by atoms with van der Waals surface area (Å²) in [6.07, 6.45) is 1.43. The highest BCUT2D eigenvalue weighted by molar-refractivity contribution is 9.10. The van der Waals surface area contributed by atoms with E-state index in [2.05, 4.69) is 26.0 Å². The van der Waals surface area contributed by atoms with Crippen LogP contribution in [0.25, 0.3) is 33.5 Å². The minimum Gasteiger partial charge on any atom is -0.490 e. The second kappa shape index (κ2) is 10.6. The molecule has 0 aliphatic carbocycles. The molecule has 0 amide bonds. The average Bonchev–Trinajstić information content (AvgIpc) is 3.31. The summed E-state index contributed by atoms with van der Waals surface area (Å²) >= 11 is 16.1. The van der Waals surface area contributed by atoms with Crippen molar-refractivity contribution >= 4 is 73.2 Å². The number of carbonyl (C=O) groups is 1. The molecular weight excluding hydrogens is 597 g/mol. The molecule has 2 aromatic heterocycles. The topological polar surface area (TPSA) is 95.9 Å². The number of esters is 1. The van der Waals surface area contributed by atoms with Gasteiger partial charge in [-0.1, -0.05) is 35.3 Å². The minimum atomic E-state index is -0.549. The SMILES string of the molecule is CCOc1cc(C=Nn2c(-c3cc4cc(Cl)ccc4o3)nc3ccccc3c2=O)c(Br)c(Cl)c1OC(C)=O. The first-order chi connectivity index (χ1) is 18.3. The molecule has 2 heterocycles. The van der Waals surface area contributed by atoms with E-state index in [0.717, 1.165) is 10.1 Å². The number of fused-ring (bicyclic) bond motifs is 2. The van der Waals surface area contributed by atoms with Crippen LogP contribution in [0.1, 0.15) is 19.4 Å². The normalized spacial score (nSPS) is 11.5. The van der Waals surface area contributed by atoms with Crippen molar-refractivity contribution in [1.82, 2.24) is 9.66 Å². The third-order valence-corrected chi connectivity index (χ3v) is 7.14. The van der Waals surface area contributed by atoms with Gasteiger partial charge in [-0.2, -0.15) is 9.78 Å². The van der Waals surface area contributed by atoms with E-state index in [0.29, 0.717) is 43.9 Å². The summed E-state index contributed by atoms with van der Waals surface area (Å²) in [5, 5.41) is 6.26. The maximum atomic E-state index is 13.5. The summed E-state index contributed by atoms with van der Waals surface area (Å²) in [6.45, 7) is 3.35. The number of hydrogen-bond donors (Lipinski definition) is 0. The lowest BCUT2D eigenvalue weighted by Gasteiger charge is -2.14. The number of furan rings is 1. The molecule has 11 heteroatoms. The molecule has 0 unspecified atom stereocenters. The summed E-state index contributed by atoms with van der Waals surface area (Å²) in [6, 6.07) is 15.5. The fourth-order valence-corrected chi connectivity index (χ4v) is 4.65. The van der Waals surface area contributed by atoms with E-state index in [4.69, 9.17) is 37.1 Å². The Morgan fingerprint density at radius 1 is 1.18 bits per heavy atom. The molecule has 0 spiro atoms. The molecule has 0 fully saturated rings. The second-order valence-electron chi connectivity index (χ2n) is 8.05. The van der Waals surface area contributed by atoms with Gasteiger partial charge < -0.3 is 13.9 Å². The zero-order chi connectivity index (χ0) is 27.0. The van der Waals surface area contributed by atoms with Gasteiger partial charge in [0.2, 0.25) is 5.82 Å². The second-order valence-corrected chi connectivity index (χ2v) is 9.66. The van der Waals surface area contributed by atoms with Gasteiger partial charge in [0.05, 0.1) is 23.7 Å². The molecule has 8 nitrogen and oxygen atoms in total. The summed E-state index contributed by atoms with van der Waals surface area (Å²) in [5.41, 5.74) is 1.14. The molecule has 0 atom stereocenters. The molecule has 192 valence electrons. The number of para-hydroxylation sites is 1. The largest absolute Gasteiger partial charge is 0.490 e. The Kier molecular flexibility index (Phi) is 7.25. The number of halogens is 3. The van der Waals surface area contributed by atoms with E-state index in [1.165, 1.54) is 13.1 Å². The molecular formula is C27H18BrCl2N3O5. The van der Waals surface area contributed by atoms with E-state index >= 15 is 0 Å². The van der Waals surface area contributed by atoms with Crippen LogP contribution in [-0.4, -0.2) is 28.5 Å². The number of hydrogen-bond acceptors (Lipinski definition) is 7. The lowest BCUT2D eigenvalue weighted by atomic mass is 10.2. The van der Waals surface area contributed by atoms with Crippen molar-refractivity contribution < 1.29 is 18.7 Å². The molecule has 0 N–H and O–H groups in total. The van der Waals surface area contributed by atoms with Crippen molar-refractivity contribution in [3.63, 3.8) is 0 Å². The molecule has 38 heavy (non-hydrogen) atoms. The standard InChI is InChI=1S/C27H18BrCl2N3O5/c1-3-36-21-12-16(23(28)24(30)25(21)37-14(2)34)13-31-33-26(32-19-7-5-4-6-18(19)27(33)35)22-11-15-10-17(29)8-9-20(15)38-22/h4-13H,3H2,1-2H3. The van der Waals surface area contributed by atoms with E-state index in [1.54, 1.807) is 61.5 Å². The molecule has 0 saturated heterocycles. The third-order valence-electron chi connectivity index (χ3n) is 5.47. The van der Waals surface area contributed by atoms with Gasteiger partial charge in [-0.3, -0.25) is 9.59 Å². The smallest absolute Gasteiger partial charge is 0.308 e. The highest BCUT2D eigenvalue weighted by atomic mass is 79.9. The number of aromatic nitrogens is 2. The van der Waals surface area contributed by atoms with Gasteiger partial charge >= 0.3 is 5.97 Å². The van der Waals surface area contributed by atoms with Crippen molar-refractivity contribution in [2.24, 2.45) is 5.10 Å². The maximum Gasteiger partial charge on any atom is 0.308 e. The minimum absolute atomic E-state index is 0.0798. The Bertz CT molecular complexity index is 1810. The summed E-state index contributed by atoms with van der Waals surface area (Å²) < 4.78 is 18.4. The predicted octanol–water partition coefficient (Wildman–Crippen LogP) is 7.09. The van der Waals surface area contributed by atoms with Crippen LogP contribution in [0.5, 0.6) is 11.5 Å². The lowest BCUT2D eigenvalue weighted by molar-refractivity contribution is -0.132. The molecule has 0 aliphatic heterocycles. The Labute approximate surface area is 234 Å². The van der Waals surface area contributed by atoms with Gasteiger partial charge in [-0.25, -0.2) is 4.98 Å². The quantitative estimate of drug-likeness (QED) is 0.115. The zero-order valence-electron chi connectivity index (χ0n) is 20.0. The van der Waals surface area contributed by atoms with E-state index in [-0.39, 0.29) is 22.3 Å². The molecule has 5 rings (SSSR count). The fraction of sp³-hybridized carbons (Fsp3) is 0.111. The van der Waals surface area contributed by atoms with E-state index in [9.17, 15) is 9.59 Å².